The number of nitrogens with one attached hydrogen (secondary N) is 2. The fraction of sp³-hybridized carbons (Fsp3) is 0.160. The Morgan fingerprint density at radius 1 is 1.06 bits per heavy atom. The highest BCUT2D eigenvalue weighted by atomic mass is 35.5. The van der Waals surface area contributed by atoms with Gasteiger partial charge in [0.15, 0.2) is 6.04 Å². The first-order chi connectivity index (χ1) is 15.9. The molecule has 4 rings (SSSR count). The van der Waals surface area contributed by atoms with Gasteiger partial charge < -0.3 is 10.1 Å². The second kappa shape index (κ2) is 9.65. The summed E-state index contributed by atoms with van der Waals surface area (Å²) in [6, 6.07) is 18.3. The van der Waals surface area contributed by atoms with E-state index in [2.05, 4.69) is 10.7 Å². The Balaban J connectivity index is 1.72. The summed E-state index contributed by atoms with van der Waals surface area (Å²) >= 11 is 12.4. The van der Waals surface area contributed by atoms with E-state index in [9.17, 15) is 9.59 Å². The lowest BCUT2D eigenvalue weighted by atomic mass is 9.99. The molecule has 33 heavy (non-hydrogen) atoms. The number of benzene rings is 3. The SMILES string of the molecule is COc1ccc([C@@H]2[C@H](NC(=O)c3ccc(C)cc3)C(=O)N/[N+]2=C\c2ccc(Cl)cc2Cl)cc1. The van der Waals surface area contributed by atoms with Crippen molar-refractivity contribution in [1.82, 2.24) is 10.7 Å². The summed E-state index contributed by atoms with van der Waals surface area (Å²) < 4.78 is 6.91. The van der Waals surface area contributed by atoms with Crippen LogP contribution in [0, 0.1) is 6.92 Å². The first-order valence-corrected chi connectivity index (χ1v) is 11.0. The number of hydrazine groups is 1. The van der Waals surface area contributed by atoms with Crippen LogP contribution in [0.5, 0.6) is 5.75 Å². The Morgan fingerprint density at radius 2 is 1.76 bits per heavy atom. The van der Waals surface area contributed by atoms with Crippen LogP contribution in [0.3, 0.4) is 0 Å². The molecule has 3 aromatic rings. The van der Waals surface area contributed by atoms with Crippen LogP contribution in [0.25, 0.3) is 0 Å². The van der Waals surface area contributed by atoms with E-state index in [1.807, 2.05) is 43.3 Å². The number of amides is 2. The Bertz CT molecular complexity index is 1220. The van der Waals surface area contributed by atoms with E-state index in [1.54, 1.807) is 48.3 Å². The summed E-state index contributed by atoms with van der Waals surface area (Å²) in [6.07, 6.45) is 1.73. The van der Waals surface area contributed by atoms with Crippen LogP contribution in [0.2, 0.25) is 10.0 Å². The molecule has 1 aliphatic rings. The fourth-order valence-corrected chi connectivity index (χ4v) is 4.12. The van der Waals surface area contributed by atoms with E-state index in [0.717, 1.165) is 11.1 Å². The molecule has 0 spiro atoms. The highest BCUT2D eigenvalue weighted by molar-refractivity contribution is 6.36. The van der Waals surface area contributed by atoms with Gasteiger partial charge in [-0.05, 0) is 61.5 Å². The lowest BCUT2D eigenvalue weighted by Crippen LogP contribution is -2.42. The third-order valence-corrected chi connectivity index (χ3v) is 6.00. The Labute approximate surface area is 201 Å². The molecule has 3 aromatic carbocycles. The van der Waals surface area contributed by atoms with Crippen molar-refractivity contribution in [3.05, 3.63) is 99.0 Å². The lowest BCUT2D eigenvalue weighted by Gasteiger charge is -2.15. The van der Waals surface area contributed by atoms with E-state index in [0.29, 0.717) is 26.9 Å². The van der Waals surface area contributed by atoms with Crippen molar-refractivity contribution in [3.63, 3.8) is 0 Å². The summed E-state index contributed by atoms with van der Waals surface area (Å²) in [5.74, 6) is 0.0187. The van der Waals surface area contributed by atoms with Crippen molar-refractivity contribution < 1.29 is 19.0 Å². The molecule has 0 aromatic heterocycles. The van der Waals surface area contributed by atoms with Crippen molar-refractivity contribution >= 4 is 41.2 Å². The number of carbonyl (C=O) groups is 2. The molecule has 0 bridgehead atoms. The molecule has 0 aliphatic carbocycles. The summed E-state index contributed by atoms with van der Waals surface area (Å²) in [6.45, 7) is 1.95. The monoisotopic (exact) mass is 482 g/mol. The average molecular weight is 483 g/mol. The third-order valence-electron chi connectivity index (χ3n) is 5.44. The van der Waals surface area contributed by atoms with Gasteiger partial charge in [-0.15, -0.1) is 10.1 Å². The van der Waals surface area contributed by atoms with E-state index >= 15 is 0 Å². The largest absolute Gasteiger partial charge is 0.497 e. The molecule has 1 fully saturated rings. The van der Waals surface area contributed by atoms with Crippen molar-refractivity contribution in [2.45, 2.75) is 19.0 Å². The molecule has 8 heteroatoms. The number of aryl methyl sites for hydroxylation is 1. The summed E-state index contributed by atoms with van der Waals surface area (Å²) in [4.78, 5) is 25.9. The minimum absolute atomic E-state index is 0.333. The van der Waals surface area contributed by atoms with Gasteiger partial charge in [-0.1, -0.05) is 40.9 Å². The smallest absolute Gasteiger partial charge is 0.304 e. The van der Waals surface area contributed by atoms with Crippen molar-refractivity contribution in [2.75, 3.05) is 7.11 Å². The summed E-state index contributed by atoms with van der Waals surface area (Å²) in [7, 11) is 1.59. The number of nitrogens with zero attached hydrogens (tertiary/aromatic N) is 1. The van der Waals surface area contributed by atoms with Gasteiger partial charge in [0.1, 0.15) is 5.75 Å². The van der Waals surface area contributed by atoms with Crippen LogP contribution in [0.4, 0.5) is 0 Å². The standard InChI is InChI=1S/C25H21Cl2N3O3/c1-15-3-5-17(6-4-15)24(31)28-22-23(16-8-11-20(33-2)12-9-16)30(29-25(22)32)14-18-7-10-19(26)13-21(18)27/h3-14,22-23H,1-2H3,(H-,28,29,31,32)/p+1/b30-14-/t22-,23+/m0/s1. The maximum absolute atomic E-state index is 13.0. The van der Waals surface area contributed by atoms with Crippen LogP contribution in [-0.2, 0) is 4.79 Å². The van der Waals surface area contributed by atoms with Crippen LogP contribution in [0.1, 0.15) is 33.1 Å². The molecule has 0 unspecified atom stereocenters. The molecular weight excluding hydrogens is 461 g/mol. The molecule has 1 heterocycles. The lowest BCUT2D eigenvalue weighted by molar-refractivity contribution is -0.596. The van der Waals surface area contributed by atoms with E-state index in [1.165, 1.54) is 0 Å². The Hall–Kier alpha value is -3.35. The maximum atomic E-state index is 13.0. The average Bonchev–Trinajstić information content (AvgIpc) is 3.10. The second-order valence-electron chi connectivity index (χ2n) is 7.71. The van der Waals surface area contributed by atoms with Crippen LogP contribution >= 0.6 is 23.2 Å². The van der Waals surface area contributed by atoms with Crippen LogP contribution < -0.4 is 15.5 Å². The molecule has 1 saturated heterocycles. The Morgan fingerprint density at radius 3 is 2.39 bits per heavy atom. The van der Waals surface area contributed by atoms with Crippen molar-refractivity contribution in [1.29, 1.82) is 0 Å². The minimum atomic E-state index is -0.838. The van der Waals surface area contributed by atoms with Crippen LogP contribution in [-0.4, -0.2) is 35.9 Å². The minimum Gasteiger partial charge on any atom is -0.497 e. The number of carbonyl (C=O) groups excluding carboxylic acids is 2. The highest BCUT2D eigenvalue weighted by Crippen LogP contribution is 2.28. The molecule has 0 saturated carbocycles. The molecule has 6 nitrogen and oxygen atoms in total. The van der Waals surface area contributed by atoms with Crippen molar-refractivity contribution in [3.8, 4) is 5.75 Å². The normalized spacial score (nSPS) is 18.8. The zero-order valence-corrected chi connectivity index (χ0v) is 19.5. The number of hydrogen-bond acceptors (Lipinski definition) is 3. The number of hydrazone groups is 1. The number of halogens is 2. The van der Waals surface area contributed by atoms with E-state index in [4.69, 9.17) is 27.9 Å². The second-order valence-corrected chi connectivity index (χ2v) is 8.56. The zero-order chi connectivity index (χ0) is 23.5. The highest BCUT2D eigenvalue weighted by Gasteiger charge is 2.47. The zero-order valence-electron chi connectivity index (χ0n) is 18.0. The molecule has 2 atom stereocenters. The number of ether oxygens (including phenoxy) is 1. The van der Waals surface area contributed by atoms with Gasteiger partial charge in [0.05, 0.1) is 17.7 Å². The molecule has 0 radical (unpaired) electrons. The number of hydrogen-bond donors (Lipinski definition) is 2. The predicted octanol–water partition coefficient (Wildman–Crippen LogP) is 4.33. The number of methoxy groups -OCH3 is 1. The first kappa shape index (κ1) is 22.8. The predicted molar refractivity (Wildman–Crippen MR) is 128 cm³/mol. The van der Waals surface area contributed by atoms with Gasteiger partial charge in [-0.3, -0.25) is 9.59 Å². The van der Waals surface area contributed by atoms with Crippen molar-refractivity contribution in [2.24, 2.45) is 0 Å². The summed E-state index contributed by atoms with van der Waals surface area (Å²) in [5, 5.41) is 3.84. The van der Waals surface area contributed by atoms with Gasteiger partial charge in [0.25, 0.3) is 5.91 Å². The molecule has 2 N–H and O–H groups in total. The molecule has 168 valence electrons. The van der Waals surface area contributed by atoms with E-state index < -0.39 is 12.1 Å². The van der Waals surface area contributed by atoms with Gasteiger partial charge in [0.2, 0.25) is 12.3 Å². The van der Waals surface area contributed by atoms with Gasteiger partial charge in [-0.2, -0.15) is 0 Å². The maximum Gasteiger partial charge on any atom is 0.304 e. The van der Waals surface area contributed by atoms with Crippen LogP contribution in [0.15, 0.2) is 66.7 Å². The number of rotatable bonds is 5. The third kappa shape index (κ3) is 5.02. The molecule has 1 aliphatic heterocycles. The quantitative estimate of drug-likeness (QED) is 0.531. The topological polar surface area (TPSA) is 70.4 Å². The molecular formula is C25H22Cl2N3O3+. The van der Waals surface area contributed by atoms with Gasteiger partial charge in [0, 0.05) is 16.1 Å². The van der Waals surface area contributed by atoms with Gasteiger partial charge >= 0.3 is 5.91 Å². The van der Waals surface area contributed by atoms with Gasteiger partial charge in [-0.25, -0.2) is 0 Å². The Kier molecular flexibility index (Phi) is 6.67. The van der Waals surface area contributed by atoms with E-state index in [-0.39, 0.29) is 11.8 Å². The molecule has 2 amide bonds. The fourth-order valence-electron chi connectivity index (χ4n) is 3.67. The summed E-state index contributed by atoms with van der Waals surface area (Å²) in [5.41, 5.74) is 5.84. The first-order valence-electron chi connectivity index (χ1n) is 10.3.